The Balaban J connectivity index is 1.53. The molecule has 0 atom stereocenters. The summed E-state index contributed by atoms with van der Waals surface area (Å²) in [4.78, 5) is 40.7. The van der Waals surface area contributed by atoms with Crippen LogP contribution in [-0.2, 0) is 20.7 Å². The molecule has 3 aromatic rings. The number of esters is 1. The summed E-state index contributed by atoms with van der Waals surface area (Å²) in [7, 11) is 3.42. The van der Waals surface area contributed by atoms with E-state index in [1.54, 1.807) is 0 Å². The number of anilines is 2. The standard InChI is InChI=1S/C32H34N4O4/c1-34-15-17-36(18-16-34)21-29(37)35(2)25-12-9-22(10-13-25)19-27(23-7-5-4-6-8-23)30-26-14-11-24(32(39)40-3)20-28(26)33-31(30)38/h4-14,20H,15-19,21H2,1-3H3,(H,33,38)/b30-27+/i4D,5D,6D,7D,8D,15D2,16D2,17D2,18D2. The summed E-state index contributed by atoms with van der Waals surface area (Å²) in [5, 5.41) is 2.67. The summed E-state index contributed by atoms with van der Waals surface area (Å²) >= 11 is 0. The highest BCUT2D eigenvalue weighted by molar-refractivity contribution is 6.37. The largest absolute Gasteiger partial charge is 0.465 e. The Labute approximate surface area is 253 Å². The number of carbonyl (C=O) groups is 3. The van der Waals surface area contributed by atoms with Crippen LogP contribution in [0.2, 0.25) is 0 Å². The third-order valence-electron chi connectivity index (χ3n) is 6.37. The molecule has 8 nitrogen and oxygen atoms in total. The first-order valence-corrected chi connectivity index (χ1v) is 12.1. The molecular formula is C32H34N4O4. The Morgan fingerprint density at radius 3 is 2.40 bits per heavy atom. The third kappa shape index (κ3) is 5.83. The molecule has 0 saturated carbocycles. The molecule has 3 aromatic carbocycles. The van der Waals surface area contributed by atoms with Crippen molar-refractivity contribution in [3.63, 3.8) is 0 Å². The molecule has 2 amide bonds. The summed E-state index contributed by atoms with van der Waals surface area (Å²) in [5.41, 5.74) is 1.22. The molecule has 0 unspecified atom stereocenters. The molecule has 2 aliphatic heterocycles. The van der Waals surface area contributed by atoms with Crippen molar-refractivity contribution in [2.75, 3.05) is 64.0 Å². The zero-order valence-corrected chi connectivity index (χ0v) is 21.9. The highest BCUT2D eigenvalue weighted by atomic mass is 16.5. The third-order valence-corrected chi connectivity index (χ3v) is 6.37. The fourth-order valence-corrected chi connectivity index (χ4v) is 4.25. The molecule has 40 heavy (non-hydrogen) atoms. The molecule has 0 aromatic heterocycles. The SMILES string of the molecule is [2H]c1c([2H])c([2H])c(/C(Cc2ccc(N(C)C(=O)CN3C([2H])([2H])C([2H])([2H])N(C)C([2H])([2H])C3([2H])[2H])cc2)=C2/C(=O)Nc3cc(C(=O)OC)ccc32)c([2H])c1[2H]. The van der Waals surface area contributed by atoms with Gasteiger partial charge >= 0.3 is 5.97 Å². The van der Waals surface area contributed by atoms with Gasteiger partial charge in [0.2, 0.25) is 5.91 Å². The van der Waals surface area contributed by atoms with Crippen LogP contribution in [0.4, 0.5) is 11.4 Å². The van der Waals surface area contributed by atoms with Gasteiger partial charge in [0.1, 0.15) is 0 Å². The van der Waals surface area contributed by atoms with E-state index in [1.807, 2.05) is 0 Å². The van der Waals surface area contributed by atoms with Gasteiger partial charge in [-0.25, -0.2) is 4.79 Å². The molecule has 0 radical (unpaired) electrons. The number of nitrogens with one attached hydrogen (secondary N) is 1. The van der Waals surface area contributed by atoms with Gasteiger partial charge in [-0.1, -0.05) is 48.4 Å². The number of piperazine rings is 1. The van der Waals surface area contributed by atoms with Crippen LogP contribution in [-0.4, -0.2) is 81.3 Å². The van der Waals surface area contributed by atoms with Crippen LogP contribution in [0.5, 0.6) is 0 Å². The topological polar surface area (TPSA) is 82.2 Å². The van der Waals surface area contributed by atoms with Crippen LogP contribution in [0.15, 0.2) is 72.7 Å². The van der Waals surface area contributed by atoms with E-state index < -0.39 is 80.5 Å². The first-order valence-electron chi connectivity index (χ1n) is 18.6. The van der Waals surface area contributed by atoms with Crippen molar-refractivity contribution in [3.8, 4) is 0 Å². The zero-order chi connectivity index (χ0) is 39.7. The van der Waals surface area contributed by atoms with E-state index in [1.165, 1.54) is 56.6 Å². The van der Waals surface area contributed by atoms with Crippen LogP contribution >= 0.6 is 0 Å². The van der Waals surface area contributed by atoms with E-state index in [-0.39, 0.29) is 45.0 Å². The van der Waals surface area contributed by atoms with E-state index in [0.29, 0.717) is 16.0 Å². The lowest BCUT2D eigenvalue weighted by molar-refractivity contribution is -0.119. The van der Waals surface area contributed by atoms with Crippen LogP contribution in [0.1, 0.15) is 44.9 Å². The number of rotatable bonds is 7. The maximum atomic E-state index is 13.5. The van der Waals surface area contributed by atoms with Gasteiger partial charge in [0.25, 0.3) is 5.91 Å². The van der Waals surface area contributed by atoms with Crippen molar-refractivity contribution in [1.82, 2.24) is 9.80 Å². The molecule has 2 aliphatic rings. The number of hydrogen-bond acceptors (Lipinski definition) is 6. The molecule has 1 fully saturated rings. The Kier molecular flexibility index (Phi) is 4.59. The molecule has 5 rings (SSSR count). The van der Waals surface area contributed by atoms with Crippen LogP contribution in [0, 0.1) is 0 Å². The number of carbonyl (C=O) groups excluding carboxylic acids is 3. The van der Waals surface area contributed by atoms with Crippen molar-refractivity contribution in [3.05, 3.63) is 94.9 Å². The second kappa shape index (κ2) is 11.9. The maximum Gasteiger partial charge on any atom is 0.337 e. The van der Waals surface area contributed by atoms with E-state index in [2.05, 4.69) is 5.32 Å². The number of fused-ring (bicyclic) bond motifs is 1. The maximum absolute atomic E-state index is 13.5. The number of allylic oxidation sites excluding steroid dienone is 1. The number of likely N-dealkylation sites (N-methyl/N-ethyl adjacent to an activating group) is 2. The Morgan fingerprint density at radius 1 is 1.02 bits per heavy atom. The van der Waals surface area contributed by atoms with Gasteiger partial charge in [0, 0.05) is 60.9 Å². The van der Waals surface area contributed by atoms with Gasteiger partial charge in [0.15, 0.2) is 0 Å². The second-order valence-corrected chi connectivity index (χ2v) is 8.95. The number of hydrogen-bond donors (Lipinski definition) is 1. The number of methoxy groups -OCH3 is 1. The van der Waals surface area contributed by atoms with Gasteiger partial charge in [-0.15, -0.1) is 0 Å². The fraction of sp³-hybridized carbons (Fsp3) is 0.281. The minimum absolute atomic E-state index is 0.00163. The molecule has 0 aliphatic carbocycles. The van der Waals surface area contributed by atoms with E-state index in [0.717, 1.165) is 11.9 Å². The minimum atomic E-state index is -3.14. The van der Waals surface area contributed by atoms with Crippen LogP contribution in [0.3, 0.4) is 0 Å². The summed E-state index contributed by atoms with van der Waals surface area (Å²) in [6.07, 6.45) is -0.154. The van der Waals surface area contributed by atoms with E-state index in [4.69, 9.17) is 22.6 Å². The van der Waals surface area contributed by atoms with E-state index >= 15 is 0 Å². The molecule has 0 spiro atoms. The lowest BCUT2D eigenvalue weighted by Crippen LogP contribution is -2.48. The second-order valence-electron chi connectivity index (χ2n) is 8.95. The molecule has 1 N–H and O–H groups in total. The number of benzene rings is 3. The van der Waals surface area contributed by atoms with Crippen molar-refractivity contribution >= 4 is 40.3 Å². The van der Waals surface area contributed by atoms with Crippen molar-refractivity contribution in [2.24, 2.45) is 0 Å². The van der Waals surface area contributed by atoms with Crippen LogP contribution in [0.25, 0.3) is 11.1 Å². The monoisotopic (exact) mass is 551 g/mol. The van der Waals surface area contributed by atoms with Crippen molar-refractivity contribution < 1.29 is 36.9 Å². The van der Waals surface area contributed by atoms with Crippen LogP contribution < -0.4 is 10.2 Å². The average Bonchev–Trinajstić information content (AvgIpc) is 3.44. The van der Waals surface area contributed by atoms with E-state index in [9.17, 15) is 14.4 Å². The quantitative estimate of drug-likeness (QED) is 0.356. The van der Waals surface area contributed by atoms with Gasteiger partial charge in [-0.3, -0.25) is 14.5 Å². The summed E-state index contributed by atoms with van der Waals surface area (Å²) in [6, 6.07) is 7.34. The van der Waals surface area contributed by atoms with Gasteiger partial charge in [-0.2, -0.15) is 0 Å². The molecule has 206 valence electrons. The molecule has 8 heteroatoms. The first kappa shape index (κ1) is 15.5. The predicted octanol–water partition coefficient (Wildman–Crippen LogP) is 3.79. The van der Waals surface area contributed by atoms with Crippen molar-refractivity contribution in [2.45, 2.75) is 6.42 Å². The summed E-state index contributed by atoms with van der Waals surface area (Å²) in [6.45, 7) is -13.4. The van der Waals surface area contributed by atoms with Gasteiger partial charge in [-0.05, 0) is 54.4 Å². The predicted molar refractivity (Wildman–Crippen MR) is 157 cm³/mol. The summed E-state index contributed by atoms with van der Waals surface area (Å²) < 4.78 is 113. The smallest absolute Gasteiger partial charge is 0.337 e. The average molecular weight is 552 g/mol. The molecule has 2 heterocycles. The lowest BCUT2D eigenvalue weighted by Gasteiger charge is -2.32. The highest BCUT2D eigenvalue weighted by Gasteiger charge is 2.29. The molecular weight excluding hydrogens is 504 g/mol. The number of nitrogens with zero attached hydrogens (tertiary/aromatic N) is 3. The fourth-order valence-electron chi connectivity index (χ4n) is 4.25. The number of amides is 2. The van der Waals surface area contributed by atoms with Gasteiger partial charge in [0.05, 0.1) is 31.6 Å². The first-order chi connectivity index (χ1) is 24.4. The Morgan fingerprint density at radius 2 is 1.73 bits per heavy atom. The Bertz CT molecular complexity index is 2020. The zero-order valence-electron chi connectivity index (χ0n) is 34.9. The molecule has 1 saturated heterocycles. The minimum Gasteiger partial charge on any atom is -0.465 e. The normalized spacial score (nSPS) is 26.5. The lowest BCUT2D eigenvalue weighted by atomic mass is 9.90. The summed E-state index contributed by atoms with van der Waals surface area (Å²) in [5.74, 6) is -2.20. The van der Waals surface area contributed by atoms with Crippen molar-refractivity contribution in [1.29, 1.82) is 0 Å². The Hall–Kier alpha value is -4.27. The van der Waals surface area contributed by atoms with Gasteiger partial charge < -0.3 is 19.9 Å². The number of ether oxygens (including phenoxy) is 1. The molecule has 0 bridgehead atoms. The highest BCUT2D eigenvalue weighted by Crippen LogP contribution is 2.39.